The third-order valence-electron chi connectivity index (χ3n) is 10.0. The van der Waals surface area contributed by atoms with Crippen LogP contribution in [0.1, 0.15) is 6.92 Å². The Balaban J connectivity index is 1.06. The number of nitrogens with zero attached hydrogens (tertiary/aromatic N) is 1. The second-order valence-corrected chi connectivity index (χ2v) is 16.1. The van der Waals surface area contributed by atoms with Crippen LogP contribution in [0.25, 0.3) is 22.3 Å². The van der Waals surface area contributed by atoms with Crippen molar-refractivity contribution in [2.24, 2.45) is 0 Å². The summed E-state index contributed by atoms with van der Waals surface area (Å²) in [5.74, 6) is -2.55. The van der Waals surface area contributed by atoms with E-state index in [1.54, 1.807) is 24.3 Å². The Bertz CT molecular complexity index is 2530. The van der Waals surface area contributed by atoms with Crippen molar-refractivity contribution in [3.8, 4) is 40.1 Å². The van der Waals surface area contributed by atoms with Gasteiger partial charge in [-0.25, -0.2) is 13.4 Å². The molecule has 2 aliphatic rings. The Morgan fingerprint density at radius 2 is 1.52 bits per heavy atom. The summed E-state index contributed by atoms with van der Waals surface area (Å²) < 4.78 is 61.9. The molecule has 0 saturated carbocycles. The molecule has 21 nitrogen and oxygen atoms in total. The van der Waals surface area contributed by atoms with E-state index >= 15 is 0 Å². The van der Waals surface area contributed by atoms with Crippen molar-refractivity contribution in [1.82, 2.24) is 4.98 Å². The molecule has 2 fully saturated rings. The van der Waals surface area contributed by atoms with Gasteiger partial charge in [-0.2, -0.15) is 0 Å². The molecule has 4 heterocycles. The number of aliphatic hydroxyl groups excluding tert-OH is 6. The van der Waals surface area contributed by atoms with E-state index in [0.717, 1.165) is 18.2 Å². The van der Waals surface area contributed by atoms with E-state index in [1.165, 1.54) is 43.5 Å². The van der Waals surface area contributed by atoms with Crippen LogP contribution < -0.4 is 24.9 Å². The quantitative estimate of drug-likeness (QED) is 0.0668. The van der Waals surface area contributed by atoms with E-state index in [2.05, 4.69) is 15.0 Å². The topological polar surface area (TPSA) is 330 Å². The van der Waals surface area contributed by atoms with Gasteiger partial charge in [0.15, 0.2) is 23.5 Å². The van der Waals surface area contributed by atoms with Gasteiger partial charge in [0.05, 0.1) is 17.6 Å². The predicted octanol–water partition coefficient (Wildman–Crippen LogP) is 0.294. The number of pyridine rings is 1. The summed E-state index contributed by atoms with van der Waals surface area (Å²) in [4.78, 5) is 18.0. The second-order valence-electron chi connectivity index (χ2n) is 14.4. The predicted molar refractivity (Wildman–Crippen MR) is 214 cm³/mol. The zero-order valence-corrected chi connectivity index (χ0v) is 33.3. The van der Waals surface area contributed by atoms with Crippen LogP contribution in [0.5, 0.6) is 28.7 Å². The lowest BCUT2D eigenvalue weighted by atomic mass is 9.98. The second kappa shape index (κ2) is 18.3. The molecule has 11 N–H and O–H groups in total. The van der Waals surface area contributed by atoms with E-state index in [1.807, 2.05) is 0 Å². The fourth-order valence-corrected chi connectivity index (χ4v) is 7.69. The van der Waals surface area contributed by atoms with Gasteiger partial charge in [0.2, 0.25) is 17.5 Å². The molecule has 0 spiro atoms. The van der Waals surface area contributed by atoms with Crippen LogP contribution in [-0.2, 0) is 24.2 Å². The first-order chi connectivity index (χ1) is 29.5. The lowest BCUT2D eigenvalue weighted by Gasteiger charge is -2.42. The average Bonchev–Trinajstić information content (AvgIpc) is 3.24. The Kier molecular flexibility index (Phi) is 13.1. The summed E-state index contributed by atoms with van der Waals surface area (Å²) in [7, 11) is -3.88. The summed E-state index contributed by atoms with van der Waals surface area (Å²) in [6.45, 7) is 1.00. The van der Waals surface area contributed by atoms with Crippen molar-refractivity contribution >= 4 is 32.5 Å². The molecule has 10 atom stereocenters. The first-order valence-electron chi connectivity index (χ1n) is 19.0. The number of benzene rings is 3. The van der Waals surface area contributed by atoms with Crippen molar-refractivity contribution in [2.75, 3.05) is 29.8 Å². The molecular formula is C40H43N3O18S. The van der Waals surface area contributed by atoms with Crippen LogP contribution in [0.2, 0.25) is 0 Å². The van der Waals surface area contributed by atoms with Gasteiger partial charge in [0.1, 0.15) is 77.6 Å². The molecule has 332 valence electrons. The SMILES string of the molecule is C[C@@H]1O[C@@H](OC[C@H]2O[C@@H](Oc3c(-c4ccc(OCCNc5ccc(S(=O)(=O)Nc6ccccn6)cc5)c(O)c4)oc4cc(O)cc(O)c4c3=O)[C@H](O)[C@@H](O)[C@@H]2O)[C@H](O)[C@H](O)[C@H]1O. The minimum absolute atomic E-state index is 0.00652. The van der Waals surface area contributed by atoms with Crippen molar-refractivity contribution in [3.63, 3.8) is 0 Å². The lowest BCUT2D eigenvalue weighted by Crippen LogP contribution is -2.61. The van der Waals surface area contributed by atoms with Crippen LogP contribution in [0.4, 0.5) is 11.5 Å². The van der Waals surface area contributed by atoms with Crippen LogP contribution in [0, 0.1) is 0 Å². The van der Waals surface area contributed by atoms with Crippen molar-refractivity contribution in [2.45, 2.75) is 73.2 Å². The normalized spacial score (nSPS) is 26.5. The molecule has 3 aromatic carbocycles. The molecule has 2 aliphatic heterocycles. The highest BCUT2D eigenvalue weighted by atomic mass is 32.2. The minimum atomic E-state index is -3.88. The van der Waals surface area contributed by atoms with E-state index in [9.17, 15) is 59.2 Å². The molecule has 2 saturated heterocycles. The highest BCUT2D eigenvalue weighted by Crippen LogP contribution is 2.40. The molecule has 2 aromatic heterocycles. The Hall–Kier alpha value is -5.79. The van der Waals surface area contributed by atoms with Crippen LogP contribution >= 0.6 is 0 Å². The molecule has 0 aliphatic carbocycles. The van der Waals surface area contributed by atoms with E-state index in [0.29, 0.717) is 5.69 Å². The number of aliphatic hydroxyl groups is 6. The lowest BCUT2D eigenvalue weighted by molar-refractivity contribution is -0.318. The number of nitrogens with one attached hydrogen (secondary N) is 2. The Labute approximate surface area is 351 Å². The number of anilines is 2. The van der Waals surface area contributed by atoms with E-state index in [-0.39, 0.29) is 40.8 Å². The van der Waals surface area contributed by atoms with Gasteiger partial charge in [-0.3, -0.25) is 9.52 Å². The molecule has 0 bridgehead atoms. The summed E-state index contributed by atoms with van der Waals surface area (Å²) in [6.07, 6.45) is -15.0. The number of sulfonamides is 1. The molecule has 0 unspecified atom stereocenters. The minimum Gasteiger partial charge on any atom is -0.508 e. The smallest absolute Gasteiger partial charge is 0.263 e. The fraction of sp³-hybridized carbons (Fsp3) is 0.350. The molecule has 62 heavy (non-hydrogen) atoms. The maximum atomic E-state index is 14.0. The standard InChI is InChI=1S/C40H43N3O18S/c1-18-30(47)33(50)35(52)39(58-18)57-17-27-31(48)34(51)36(53)40(60-27)61-38-32(49)29-24(46)15-21(44)16-26(29)59-37(38)19-5-10-25(23(45)14-19)56-13-12-41-20-6-8-22(9-7-20)62(54,55)43-28-4-2-3-11-42-28/h2-11,14-16,18,27,30-31,33-36,39-41,44-48,50-53H,12-13,17H2,1H3,(H,42,43)/t18-,27+,30-,31+,33+,34-,35+,36+,39+,40-/m0/s1. The highest BCUT2D eigenvalue weighted by molar-refractivity contribution is 7.92. The summed E-state index contributed by atoms with van der Waals surface area (Å²) >= 11 is 0. The van der Waals surface area contributed by atoms with Gasteiger partial charge in [-0.05, 0) is 61.5 Å². The zero-order chi connectivity index (χ0) is 44.5. The summed E-state index contributed by atoms with van der Waals surface area (Å²) in [5, 5.41) is 97.3. The third kappa shape index (κ3) is 9.34. The maximum Gasteiger partial charge on any atom is 0.263 e. The van der Waals surface area contributed by atoms with Crippen molar-refractivity contribution in [3.05, 3.63) is 89.2 Å². The number of aromatic nitrogens is 1. The Morgan fingerprint density at radius 1 is 0.790 bits per heavy atom. The van der Waals surface area contributed by atoms with Crippen molar-refractivity contribution < 1.29 is 82.5 Å². The summed E-state index contributed by atoms with van der Waals surface area (Å²) in [6, 6.07) is 16.5. The molecule has 5 aromatic rings. The Morgan fingerprint density at radius 3 is 2.23 bits per heavy atom. The largest absolute Gasteiger partial charge is 0.508 e. The third-order valence-corrected chi connectivity index (χ3v) is 11.4. The van der Waals surface area contributed by atoms with Crippen LogP contribution in [0.3, 0.4) is 0 Å². The molecular weight excluding hydrogens is 843 g/mol. The van der Waals surface area contributed by atoms with Crippen LogP contribution in [0.15, 0.2) is 93.1 Å². The van der Waals surface area contributed by atoms with Crippen LogP contribution in [-0.4, -0.2) is 141 Å². The number of fused-ring (bicyclic) bond motifs is 1. The van der Waals surface area contributed by atoms with Gasteiger partial charge in [0, 0.05) is 36.1 Å². The van der Waals surface area contributed by atoms with Gasteiger partial charge < -0.3 is 79.4 Å². The first-order valence-corrected chi connectivity index (χ1v) is 20.4. The number of rotatable bonds is 14. The zero-order valence-electron chi connectivity index (χ0n) is 32.5. The summed E-state index contributed by atoms with van der Waals surface area (Å²) in [5.41, 5.74) is -0.790. The molecule has 22 heteroatoms. The number of aromatic hydroxyl groups is 3. The highest BCUT2D eigenvalue weighted by Gasteiger charge is 2.48. The molecule has 7 rings (SSSR count). The number of ether oxygens (including phenoxy) is 5. The van der Waals surface area contributed by atoms with Gasteiger partial charge in [-0.1, -0.05) is 6.07 Å². The first kappa shape index (κ1) is 44.3. The van der Waals surface area contributed by atoms with E-state index < -0.39 is 118 Å². The van der Waals surface area contributed by atoms with Gasteiger partial charge >= 0.3 is 0 Å². The molecule has 0 amide bonds. The number of phenols is 3. The molecule has 0 radical (unpaired) electrons. The van der Waals surface area contributed by atoms with Gasteiger partial charge in [0.25, 0.3) is 10.0 Å². The number of hydrogen-bond acceptors (Lipinski definition) is 20. The number of phenolic OH excluding ortho intramolecular Hbond substituents is 3. The maximum absolute atomic E-state index is 14.0. The fourth-order valence-electron chi connectivity index (χ4n) is 6.68. The average molecular weight is 886 g/mol. The van der Waals surface area contributed by atoms with E-state index in [4.69, 9.17) is 28.1 Å². The number of hydrogen-bond donors (Lipinski definition) is 11. The van der Waals surface area contributed by atoms with Gasteiger partial charge in [-0.15, -0.1) is 0 Å². The van der Waals surface area contributed by atoms with Crippen molar-refractivity contribution in [1.29, 1.82) is 0 Å². The monoisotopic (exact) mass is 885 g/mol.